The molecule has 2 amide bonds. The van der Waals surface area contributed by atoms with Crippen molar-refractivity contribution >= 4 is 11.8 Å². The van der Waals surface area contributed by atoms with Crippen LogP contribution in [0.2, 0.25) is 0 Å². The summed E-state index contributed by atoms with van der Waals surface area (Å²) in [7, 11) is 3.08. The number of likely N-dealkylation sites (tertiary alicyclic amines) is 1. The quantitative estimate of drug-likeness (QED) is 0.422. The maximum atomic E-state index is 12.5. The summed E-state index contributed by atoms with van der Waals surface area (Å²) in [6.45, 7) is 5.24. The molecular formula is C18H26N2O6. The van der Waals surface area contributed by atoms with Crippen molar-refractivity contribution in [2.75, 3.05) is 20.8 Å². The second kappa shape index (κ2) is 7.92. The first-order valence-corrected chi connectivity index (χ1v) is 8.32. The average molecular weight is 366 g/mol. The highest BCUT2D eigenvalue weighted by atomic mass is 16.7. The monoisotopic (exact) mass is 366 g/mol. The first-order chi connectivity index (χ1) is 12.2. The molecule has 1 aliphatic heterocycles. The Morgan fingerprint density at radius 3 is 2.50 bits per heavy atom. The molecule has 2 unspecified atom stereocenters. The van der Waals surface area contributed by atoms with Crippen LogP contribution in [-0.2, 0) is 21.0 Å². The average Bonchev–Trinajstić information content (AvgIpc) is 2.61. The Hall–Kier alpha value is -2.32. The van der Waals surface area contributed by atoms with Gasteiger partial charge in [0.05, 0.1) is 32.5 Å². The van der Waals surface area contributed by atoms with Crippen LogP contribution in [0.4, 0.5) is 0 Å². The lowest BCUT2D eigenvalue weighted by atomic mass is 9.86. The van der Waals surface area contributed by atoms with Crippen LogP contribution in [-0.4, -0.2) is 54.3 Å². The van der Waals surface area contributed by atoms with E-state index in [-0.39, 0.29) is 19.1 Å². The molecule has 0 radical (unpaired) electrons. The van der Waals surface area contributed by atoms with Crippen LogP contribution in [0.15, 0.2) is 18.2 Å². The Morgan fingerprint density at radius 1 is 1.27 bits per heavy atom. The number of aliphatic hydroxyl groups excluding tert-OH is 1. The third-order valence-electron chi connectivity index (χ3n) is 4.10. The van der Waals surface area contributed by atoms with Gasteiger partial charge in [-0.2, -0.15) is 0 Å². The predicted octanol–water partition coefficient (Wildman–Crippen LogP) is 0.869. The molecule has 1 heterocycles. The highest BCUT2D eigenvalue weighted by Gasteiger charge is 2.51. The van der Waals surface area contributed by atoms with Crippen LogP contribution in [0, 0.1) is 5.92 Å². The molecule has 26 heavy (non-hydrogen) atoms. The van der Waals surface area contributed by atoms with E-state index in [4.69, 9.17) is 14.3 Å². The van der Waals surface area contributed by atoms with Crippen molar-refractivity contribution in [2.24, 2.45) is 5.92 Å². The molecule has 1 saturated heterocycles. The number of nitrogens with one attached hydrogen (secondary N) is 1. The Balaban J connectivity index is 2.08. The van der Waals surface area contributed by atoms with E-state index in [2.05, 4.69) is 5.48 Å². The first-order valence-electron chi connectivity index (χ1n) is 8.32. The highest BCUT2D eigenvalue weighted by molar-refractivity contribution is 6.05. The van der Waals surface area contributed by atoms with Gasteiger partial charge in [-0.05, 0) is 32.9 Å². The number of β-lactam (4-membered cyclic amide) rings is 1. The maximum Gasteiger partial charge on any atom is 0.258 e. The highest BCUT2D eigenvalue weighted by Crippen LogP contribution is 2.32. The Kier molecular flexibility index (Phi) is 6.09. The van der Waals surface area contributed by atoms with Crippen LogP contribution < -0.4 is 15.0 Å². The zero-order chi connectivity index (χ0) is 19.5. The molecule has 0 spiro atoms. The second-order valence-electron chi connectivity index (χ2n) is 7.05. The van der Waals surface area contributed by atoms with E-state index in [0.29, 0.717) is 11.5 Å². The fraction of sp³-hybridized carbons (Fsp3) is 0.556. The number of amides is 2. The van der Waals surface area contributed by atoms with Crippen molar-refractivity contribution in [2.45, 2.75) is 39.0 Å². The van der Waals surface area contributed by atoms with Crippen molar-refractivity contribution in [3.05, 3.63) is 23.8 Å². The predicted molar refractivity (Wildman–Crippen MR) is 93.4 cm³/mol. The zero-order valence-corrected chi connectivity index (χ0v) is 15.7. The largest absolute Gasteiger partial charge is 0.497 e. The van der Waals surface area contributed by atoms with Gasteiger partial charge in [-0.25, -0.2) is 5.48 Å². The molecule has 1 aromatic carbocycles. The first kappa shape index (κ1) is 20.0. The molecule has 1 fully saturated rings. The van der Waals surface area contributed by atoms with Crippen LogP contribution in [0.1, 0.15) is 26.3 Å². The lowest BCUT2D eigenvalue weighted by Crippen LogP contribution is -2.66. The van der Waals surface area contributed by atoms with E-state index in [9.17, 15) is 14.7 Å². The number of hydrogen-bond donors (Lipinski definition) is 2. The molecule has 1 aliphatic rings. The van der Waals surface area contributed by atoms with Gasteiger partial charge in [-0.15, -0.1) is 0 Å². The van der Waals surface area contributed by atoms with Crippen molar-refractivity contribution in [1.29, 1.82) is 0 Å². The third kappa shape index (κ3) is 4.25. The number of benzene rings is 1. The molecule has 0 saturated carbocycles. The van der Waals surface area contributed by atoms with Gasteiger partial charge < -0.3 is 19.5 Å². The van der Waals surface area contributed by atoms with Crippen LogP contribution >= 0.6 is 0 Å². The molecule has 0 aliphatic carbocycles. The molecule has 0 bridgehead atoms. The van der Waals surface area contributed by atoms with E-state index in [0.717, 1.165) is 5.56 Å². The number of hydroxylamine groups is 1. The number of methoxy groups -OCH3 is 2. The number of carbonyl (C=O) groups is 2. The number of nitrogens with zero attached hydrogens (tertiary/aromatic N) is 1. The summed E-state index contributed by atoms with van der Waals surface area (Å²) in [5.41, 5.74) is 2.48. The minimum absolute atomic E-state index is 0.223. The number of carbonyl (C=O) groups excluding carboxylic acids is 2. The number of rotatable bonds is 7. The lowest BCUT2D eigenvalue weighted by Gasteiger charge is -2.45. The Morgan fingerprint density at radius 2 is 1.96 bits per heavy atom. The molecule has 1 aromatic rings. The summed E-state index contributed by atoms with van der Waals surface area (Å²) in [5, 5.41) is 9.64. The molecule has 0 aromatic heterocycles. The molecule has 2 atom stereocenters. The summed E-state index contributed by atoms with van der Waals surface area (Å²) in [6, 6.07) is 4.65. The van der Waals surface area contributed by atoms with Crippen LogP contribution in [0.25, 0.3) is 0 Å². The third-order valence-corrected chi connectivity index (χ3v) is 4.10. The van der Waals surface area contributed by atoms with E-state index in [1.54, 1.807) is 46.1 Å². The van der Waals surface area contributed by atoms with Gasteiger partial charge >= 0.3 is 0 Å². The van der Waals surface area contributed by atoms with Gasteiger partial charge in [0.1, 0.15) is 17.4 Å². The second-order valence-corrected chi connectivity index (χ2v) is 7.05. The van der Waals surface area contributed by atoms with E-state index in [1.165, 1.54) is 12.0 Å². The van der Waals surface area contributed by atoms with Gasteiger partial charge in [0, 0.05) is 18.2 Å². The Labute approximate surface area is 153 Å². The van der Waals surface area contributed by atoms with Gasteiger partial charge in [0.2, 0.25) is 5.91 Å². The lowest BCUT2D eigenvalue weighted by molar-refractivity contribution is -0.175. The summed E-state index contributed by atoms with van der Waals surface area (Å²) in [4.78, 5) is 31.3. The number of ether oxygens (including phenoxy) is 2. The summed E-state index contributed by atoms with van der Waals surface area (Å²) in [6.07, 6.45) is 0. The molecule has 8 nitrogen and oxygen atoms in total. The van der Waals surface area contributed by atoms with Crippen molar-refractivity contribution in [3.63, 3.8) is 0 Å². The van der Waals surface area contributed by atoms with Crippen molar-refractivity contribution in [3.8, 4) is 11.5 Å². The molecular weight excluding hydrogens is 340 g/mol. The van der Waals surface area contributed by atoms with Gasteiger partial charge in [0.25, 0.3) is 5.91 Å². The number of hydrogen-bond acceptors (Lipinski definition) is 6. The fourth-order valence-corrected chi connectivity index (χ4v) is 2.72. The zero-order valence-electron chi connectivity index (χ0n) is 15.7. The molecule has 8 heteroatoms. The van der Waals surface area contributed by atoms with Crippen LogP contribution in [0.5, 0.6) is 11.5 Å². The minimum atomic E-state index is -0.966. The molecule has 144 valence electrons. The molecule has 2 N–H and O–H groups in total. The summed E-state index contributed by atoms with van der Waals surface area (Å²) in [5.74, 6) is -0.681. The minimum Gasteiger partial charge on any atom is -0.497 e. The van der Waals surface area contributed by atoms with E-state index >= 15 is 0 Å². The van der Waals surface area contributed by atoms with E-state index in [1.807, 2.05) is 0 Å². The van der Waals surface area contributed by atoms with E-state index < -0.39 is 23.5 Å². The SMILES string of the molecule is COc1ccc(CN2C(=O)C(C(=O)NOC(C)(C)C)C2CO)c(OC)c1. The van der Waals surface area contributed by atoms with Crippen molar-refractivity contribution in [1.82, 2.24) is 10.4 Å². The van der Waals surface area contributed by atoms with Gasteiger partial charge in [-0.3, -0.25) is 14.4 Å². The summed E-state index contributed by atoms with van der Waals surface area (Å²) < 4.78 is 10.5. The smallest absolute Gasteiger partial charge is 0.258 e. The Bertz CT molecular complexity index is 670. The summed E-state index contributed by atoms with van der Waals surface area (Å²) >= 11 is 0. The van der Waals surface area contributed by atoms with Gasteiger partial charge in [-0.1, -0.05) is 0 Å². The van der Waals surface area contributed by atoms with Gasteiger partial charge in [0.15, 0.2) is 0 Å². The normalized spacial score (nSPS) is 19.8. The van der Waals surface area contributed by atoms with Crippen molar-refractivity contribution < 1.29 is 29.0 Å². The maximum absolute atomic E-state index is 12.5. The molecule has 2 rings (SSSR count). The topological polar surface area (TPSA) is 97.3 Å². The van der Waals surface area contributed by atoms with Crippen LogP contribution in [0.3, 0.4) is 0 Å². The standard InChI is InChI=1S/C18H26N2O6/c1-18(2,3)26-19-16(22)15-13(10-21)20(17(15)23)9-11-6-7-12(24-4)8-14(11)25-5/h6-8,13,15,21H,9-10H2,1-5H3,(H,19,22). The fourth-order valence-electron chi connectivity index (χ4n) is 2.72. The number of aliphatic hydroxyl groups is 1.